The van der Waals surface area contributed by atoms with Crippen molar-refractivity contribution in [1.82, 2.24) is 10.6 Å². The molecule has 6 nitrogen and oxygen atoms in total. The average molecular weight is 300 g/mol. The highest BCUT2D eigenvalue weighted by Gasteiger charge is 2.25. The zero-order chi connectivity index (χ0) is 15.7. The summed E-state index contributed by atoms with van der Waals surface area (Å²) in [5.74, 6) is -0.404. The van der Waals surface area contributed by atoms with Gasteiger partial charge in [0, 0.05) is 26.1 Å². The number of carboxylic acid groups (broad SMARTS) is 1. The number of carbonyl (C=O) groups is 2. The normalized spacial score (nSPS) is 22.8. The van der Waals surface area contributed by atoms with Gasteiger partial charge in [-0.3, -0.25) is 4.79 Å². The summed E-state index contributed by atoms with van der Waals surface area (Å²) in [6.07, 6.45) is 5.72. The summed E-state index contributed by atoms with van der Waals surface area (Å²) in [5.41, 5.74) is 0. The van der Waals surface area contributed by atoms with Crippen molar-refractivity contribution >= 4 is 12.0 Å². The SMILES string of the molecule is CCC(CCNC(=O)NC1CCC(OC)C1)CCC(=O)O. The Morgan fingerprint density at radius 2 is 2.10 bits per heavy atom. The number of nitrogens with one attached hydrogen (secondary N) is 2. The Morgan fingerprint density at radius 1 is 1.33 bits per heavy atom. The maximum absolute atomic E-state index is 11.8. The van der Waals surface area contributed by atoms with E-state index in [4.69, 9.17) is 9.84 Å². The molecule has 0 saturated heterocycles. The molecule has 1 rings (SSSR count). The third-order valence-corrected chi connectivity index (χ3v) is 4.24. The van der Waals surface area contributed by atoms with Gasteiger partial charge in [0.15, 0.2) is 0 Å². The molecule has 3 unspecified atom stereocenters. The van der Waals surface area contributed by atoms with E-state index in [-0.39, 0.29) is 24.6 Å². The molecule has 1 fully saturated rings. The van der Waals surface area contributed by atoms with E-state index in [0.29, 0.717) is 18.9 Å². The van der Waals surface area contributed by atoms with Gasteiger partial charge in [0.05, 0.1) is 6.10 Å². The number of carboxylic acids is 1. The highest BCUT2D eigenvalue weighted by molar-refractivity contribution is 5.74. The number of hydrogen-bond donors (Lipinski definition) is 3. The van der Waals surface area contributed by atoms with Crippen molar-refractivity contribution in [1.29, 1.82) is 0 Å². The molecule has 122 valence electrons. The van der Waals surface area contributed by atoms with Crippen LogP contribution in [-0.2, 0) is 9.53 Å². The van der Waals surface area contributed by atoms with E-state index in [1.54, 1.807) is 7.11 Å². The summed E-state index contributed by atoms with van der Waals surface area (Å²) in [6, 6.07) is 0.0637. The lowest BCUT2D eigenvalue weighted by Crippen LogP contribution is -2.41. The van der Waals surface area contributed by atoms with Crippen LogP contribution in [0, 0.1) is 5.92 Å². The predicted octanol–water partition coefficient (Wildman–Crippen LogP) is 2.13. The van der Waals surface area contributed by atoms with Gasteiger partial charge in [-0.2, -0.15) is 0 Å². The summed E-state index contributed by atoms with van der Waals surface area (Å²) in [7, 11) is 1.70. The Bertz CT molecular complexity index is 336. The molecule has 3 N–H and O–H groups in total. The molecular weight excluding hydrogens is 272 g/mol. The number of amides is 2. The summed E-state index contributed by atoms with van der Waals surface area (Å²) in [4.78, 5) is 22.3. The largest absolute Gasteiger partial charge is 0.481 e. The molecule has 0 bridgehead atoms. The van der Waals surface area contributed by atoms with Gasteiger partial charge >= 0.3 is 12.0 Å². The number of carbonyl (C=O) groups excluding carboxylic acids is 1. The van der Waals surface area contributed by atoms with Crippen molar-refractivity contribution in [2.45, 2.75) is 64.0 Å². The van der Waals surface area contributed by atoms with Crippen LogP contribution in [-0.4, -0.2) is 42.9 Å². The molecule has 0 spiro atoms. The van der Waals surface area contributed by atoms with E-state index in [1.165, 1.54) is 0 Å². The van der Waals surface area contributed by atoms with Crippen molar-refractivity contribution in [3.05, 3.63) is 0 Å². The summed E-state index contributed by atoms with van der Waals surface area (Å²) < 4.78 is 5.28. The van der Waals surface area contributed by atoms with Gasteiger partial charge in [0.2, 0.25) is 0 Å². The quantitative estimate of drug-likeness (QED) is 0.609. The maximum Gasteiger partial charge on any atom is 0.315 e. The summed E-state index contributed by atoms with van der Waals surface area (Å²) in [6.45, 7) is 2.64. The van der Waals surface area contributed by atoms with E-state index in [0.717, 1.165) is 32.1 Å². The van der Waals surface area contributed by atoms with E-state index in [1.807, 2.05) is 0 Å². The molecule has 1 aliphatic rings. The van der Waals surface area contributed by atoms with Crippen LogP contribution in [0.1, 0.15) is 51.9 Å². The minimum absolute atomic E-state index is 0.134. The average Bonchev–Trinajstić information content (AvgIpc) is 2.89. The van der Waals surface area contributed by atoms with Crippen molar-refractivity contribution in [3.8, 4) is 0 Å². The highest BCUT2D eigenvalue weighted by atomic mass is 16.5. The number of ether oxygens (including phenoxy) is 1. The van der Waals surface area contributed by atoms with Gasteiger partial charge in [-0.05, 0) is 38.0 Å². The molecule has 1 aliphatic carbocycles. The Hall–Kier alpha value is -1.30. The predicted molar refractivity (Wildman–Crippen MR) is 80.2 cm³/mol. The topological polar surface area (TPSA) is 87.7 Å². The minimum Gasteiger partial charge on any atom is -0.481 e. The van der Waals surface area contributed by atoms with Crippen LogP contribution >= 0.6 is 0 Å². The van der Waals surface area contributed by atoms with Crippen LogP contribution in [0.3, 0.4) is 0 Å². The van der Waals surface area contributed by atoms with Crippen molar-refractivity contribution < 1.29 is 19.4 Å². The fraction of sp³-hybridized carbons (Fsp3) is 0.867. The van der Waals surface area contributed by atoms with Crippen LogP contribution in [0.2, 0.25) is 0 Å². The first-order valence-electron chi connectivity index (χ1n) is 7.84. The van der Waals surface area contributed by atoms with Crippen LogP contribution in [0.4, 0.5) is 4.79 Å². The Morgan fingerprint density at radius 3 is 2.67 bits per heavy atom. The Labute approximate surface area is 126 Å². The number of rotatable bonds is 9. The summed E-state index contributed by atoms with van der Waals surface area (Å²) in [5, 5.41) is 14.5. The van der Waals surface area contributed by atoms with Gasteiger partial charge in [-0.15, -0.1) is 0 Å². The van der Waals surface area contributed by atoms with Crippen LogP contribution in [0.25, 0.3) is 0 Å². The first kappa shape index (κ1) is 17.8. The van der Waals surface area contributed by atoms with Gasteiger partial charge in [-0.1, -0.05) is 13.3 Å². The third-order valence-electron chi connectivity index (χ3n) is 4.24. The standard InChI is InChI=1S/C15H28N2O4/c1-3-11(4-7-14(18)19)8-9-16-15(20)17-12-5-6-13(10-12)21-2/h11-13H,3-10H2,1-2H3,(H,18,19)(H2,16,17,20). The van der Waals surface area contributed by atoms with Gasteiger partial charge < -0.3 is 20.5 Å². The lowest BCUT2D eigenvalue weighted by atomic mass is 9.97. The van der Waals surface area contributed by atoms with E-state index in [9.17, 15) is 9.59 Å². The van der Waals surface area contributed by atoms with E-state index >= 15 is 0 Å². The second-order valence-corrected chi connectivity index (χ2v) is 5.76. The maximum atomic E-state index is 11.8. The van der Waals surface area contributed by atoms with Gasteiger partial charge in [0.25, 0.3) is 0 Å². The molecular formula is C15H28N2O4. The minimum atomic E-state index is -0.756. The summed E-state index contributed by atoms with van der Waals surface area (Å²) >= 11 is 0. The van der Waals surface area contributed by atoms with Crippen LogP contribution < -0.4 is 10.6 Å². The fourth-order valence-electron chi connectivity index (χ4n) is 2.79. The number of urea groups is 1. The molecule has 0 heterocycles. The molecule has 0 radical (unpaired) electrons. The third kappa shape index (κ3) is 7.32. The number of hydrogen-bond acceptors (Lipinski definition) is 3. The smallest absolute Gasteiger partial charge is 0.315 e. The molecule has 2 amide bonds. The van der Waals surface area contributed by atoms with Crippen LogP contribution in [0.15, 0.2) is 0 Å². The number of methoxy groups -OCH3 is 1. The Kier molecular flexibility index (Phi) is 8.12. The zero-order valence-corrected chi connectivity index (χ0v) is 13.1. The van der Waals surface area contributed by atoms with Gasteiger partial charge in [0.1, 0.15) is 0 Å². The first-order chi connectivity index (χ1) is 10.0. The second-order valence-electron chi connectivity index (χ2n) is 5.76. The zero-order valence-electron chi connectivity index (χ0n) is 13.1. The molecule has 3 atom stereocenters. The second kappa shape index (κ2) is 9.60. The molecule has 21 heavy (non-hydrogen) atoms. The molecule has 0 aliphatic heterocycles. The molecule has 0 aromatic carbocycles. The monoisotopic (exact) mass is 300 g/mol. The van der Waals surface area contributed by atoms with Crippen LogP contribution in [0.5, 0.6) is 0 Å². The fourth-order valence-corrected chi connectivity index (χ4v) is 2.79. The lowest BCUT2D eigenvalue weighted by Gasteiger charge is -2.16. The molecule has 1 saturated carbocycles. The van der Waals surface area contributed by atoms with Crippen molar-refractivity contribution in [2.75, 3.05) is 13.7 Å². The van der Waals surface area contributed by atoms with Gasteiger partial charge in [-0.25, -0.2) is 4.79 Å². The highest BCUT2D eigenvalue weighted by Crippen LogP contribution is 2.21. The lowest BCUT2D eigenvalue weighted by molar-refractivity contribution is -0.137. The van der Waals surface area contributed by atoms with Crippen molar-refractivity contribution in [3.63, 3.8) is 0 Å². The van der Waals surface area contributed by atoms with E-state index < -0.39 is 5.97 Å². The molecule has 6 heteroatoms. The Balaban J connectivity index is 2.13. The number of aliphatic carboxylic acids is 1. The first-order valence-corrected chi connectivity index (χ1v) is 7.84. The molecule has 0 aromatic heterocycles. The van der Waals surface area contributed by atoms with Crippen molar-refractivity contribution in [2.24, 2.45) is 5.92 Å². The van der Waals surface area contributed by atoms with E-state index in [2.05, 4.69) is 17.6 Å². The molecule has 0 aromatic rings.